The number of aryl methyl sites for hydroxylation is 1. The lowest BCUT2D eigenvalue weighted by Crippen LogP contribution is -2.38. The van der Waals surface area contributed by atoms with Crippen molar-refractivity contribution in [3.05, 3.63) is 60.9 Å². The molecule has 0 bridgehead atoms. The molecule has 6 heteroatoms. The lowest BCUT2D eigenvalue weighted by molar-refractivity contribution is 0.291. The zero-order valence-electron chi connectivity index (χ0n) is 14.0. The van der Waals surface area contributed by atoms with E-state index >= 15 is 0 Å². The second-order valence-corrected chi connectivity index (χ2v) is 6.36. The third-order valence-electron chi connectivity index (χ3n) is 3.92. The van der Waals surface area contributed by atoms with E-state index in [0.717, 1.165) is 15.7 Å². The molecule has 1 heterocycles. The zero-order chi connectivity index (χ0) is 17.3. The van der Waals surface area contributed by atoms with E-state index in [4.69, 9.17) is 16.3 Å². The van der Waals surface area contributed by atoms with Crippen molar-refractivity contribution >= 4 is 11.6 Å². The predicted octanol–water partition coefficient (Wildman–Crippen LogP) is 2.75. The SMILES string of the molecule is Cc1cc(Cl)c(C(C)C)cc1OCc1cc(=O)n(C)c(=O)n1C. The van der Waals surface area contributed by atoms with Crippen molar-refractivity contribution in [3.63, 3.8) is 0 Å². The molecule has 0 atom stereocenters. The first-order chi connectivity index (χ1) is 10.7. The largest absolute Gasteiger partial charge is 0.487 e. The minimum atomic E-state index is -0.369. The first-order valence-electron chi connectivity index (χ1n) is 7.41. The van der Waals surface area contributed by atoms with E-state index in [2.05, 4.69) is 13.8 Å². The molecule has 0 radical (unpaired) electrons. The third kappa shape index (κ3) is 3.50. The van der Waals surface area contributed by atoms with Crippen LogP contribution in [0, 0.1) is 6.92 Å². The lowest BCUT2D eigenvalue weighted by Gasteiger charge is -2.16. The van der Waals surface area contributed by atoms with E-state index in [-0.39, 0.29) is 23.8 Å². The monoisotopic (exact) mass is 336 g/mol. The highest BCUT2D eigenvalue weighted by Crippen LogP contribution is 2.31. The van der Waals surface area contributed by atoms with E-state index in [1.54, 1.807) is 7.05 Å². The smallest absolute Gasteiger partial charge is 0.330 e. The van der Waals surface area contributed by atoms with Gasteiger partial charge in [-0.1, -0.05) is 25.4 Å². The molecule has 0 spiro atoms. The van der Waals surface area contributed by atoms with Crippen LogP contribution in [0.2, 0.25) is 5.02 Å². The maximum Gasteiger partial charge on any atom is 0.330 e. The van der Waals surface area contributed by atoms with Crippen molar-refractivity contribution in [1.82, 2.24) is 9.13 Å². The Labute approximate surface area is 140 Å². The van der Waals surface area contributed by atoms with Gasteiger partial charge < -0.3 is 4.74 Å². The van der Waals surface area contributed by atoms with Crippen LogP contribution in [0.4, 0.5) is 0 Å². The Hall–Kier alpha value is -2.01. The Morgan fingerprint density at radius 2 is 1.78 bits per heavy atom. The second kappa shape index (κ2) is 6.62. The van der Waals surface area contributed by atoms with Gasteiger partial charge in [-0.15, -0.1) is 0 Å². The van der Waals surface area contributed by atoms with Crippen LogP contribution in [0.25, 0.3) is 0 Å². The van der Waals surface area contributed by atoms with Gasteiger partial charge in [-0.3, -0.25) is 13.9 Å². The molecule has 124 valence electrons. The molecule has 2 rings (SSSR count). The van der Waals surface area contributed by atoms with Gasteiger partial charge in [0.25, 0.3) is 5.56 Å². The summed E-state index contributed by atoms with van der Waals surface area (Å²) in [4.78, 5) is 23.7. The number of rotatable bonds is 4. The van der Waals surface area contributed by atoms with E-state index < -0.39 is 0 Å². The fourth-order valence-corrected chi connectivity index (χ4v) is 2.77. The summed E-state index contributed by atoms with van der Waals surface area (Å²) in [6.45, 7) is 6.17. The van der Waals surface area contributed by atoms with Crippen molar-refractivity contribution in [2.45, 2.75) is 33.3 Å². The van der Waals surface area contributed by atoms with E-state index in [9.17, 15) is 9.59 Å². The summed E-state index contributed by atoms with van der Waals surface area (Å²) in [5, 5.41) is 0.714. The van der Waals surface area contributed by atoms with Gasteiger partial charge >= 0.3 is 5.69 Å². The number of hydrogen-bond donors (Lipinski definition) is 0. The predicted molar refractivity (Wildman–Crippen MR) is 91.5 cm³/mol. The Balaban J connectivity index is 2.34. The minimum Gasteiger partial charge on any atom is -0.487 e. The minimum absolute atomic E-state index is 0.141. The molecule has 0 amide bonds. The summed E-state index contributed by atoms with van der Waals surface area (Å²) in [7, 11) is 3.07. The molecule has 0 aliphatic carbocycles. The Bertz CT molecular complexity index is 850. The molecule has 1 aromatic heterocycles. The third-order valence-corrected chi connectivity index (χ3v) is 4.24. The summed E-state index contributed by atoms with van der Waals surface area (Å²) in [6, 6.07) is 5.20. The van der Waals surface area contributed by atoms with E-state index in [0.29, 0.717) is 16.5 Å². The molecule has 0 unspecified atom stereocenters. The van der Waals surface area contributed by atoms with Crippen LogP contribution < -0.4 is 16.0 Å². The molecular weight excluding hydrogens is 316 g/mol. The topological polar surface area (TPSA) is 53.2 Å². The van der Waals surface area contributed by atoms with Crippen molar-refractivity contribution in [2.24, 2.45) is 14.1 Å². The van der Waals surface area contributed by atoms with Crippen LogP contribution in [0.5, 0.6) is 5.75 Å². The van der Waals surface area contributed by atoms with Crippen molar-refractivity contribution in [1.29, 1.82) is 0 Å². The molecule has 1 aromatic carbocycles. The summed E-state index contributed by atoms with van der Waals surface area (Å²) in [6.07, 6.45) is 0. The van der Waals surface area contributed by atoms with Crippen LogP contribution >= 0.6 is 11.6 Å². The van der Waals surface area contributed by atoms with Gasteiger partial charge in [0.2, 0.25) is 0 Å². The normalized spacial score (nSPS) is 11.1. The fraction of sp³-hybridized carbons (Fsp3) is 0.412. The van der Waals surface area contributed by atoms with Gasteiger partial charge in [0.15, 0.2) is 0 Å². The summed E-state index contributed by atoms with van der Waals surface area (Å²) >= 11 is 6.25. The highest BCUT2D eigenvalue weighted by Gasteiger charge is 2.12. The van der Waals surface area contributed by atoms with Gasteiger partial charge in [-0.05, 0) is 36.1 Å². The molecule has 0 N–H and O–H groups in total. The maximum atomic E-state index is 11.9. The first kappa shape index (κ1) is 17.3. The highest BCUT2D eigenvalue weighted by atomic mass is 35.5. The lowest BCUT2D eigenvalue weighted by atomic mass is 10.0. The zero-order valence-corrected chi connectivity index (χ0v) is 14.8. The van der Waals surface area contributed by atoms with Crippen molar-refractivity contribution < 1.29 is 4.74 Å². The van der Waals surface area contributed by atoms with Crippen LogP contribution in [0.3, 0.4) is 0 Å². The van der Waals surface area contributed by atoms with Crippen molar-refractivity contribution in [3.8, 4) is 5.75 Å². The number of halogens is 1. The molecule has 2 aromatic rings. The summed E-state index contributed by atoms with van der Waals surface area (Å²) in [5.74, 6) is 0.977. The highest BCUT2D eigenvalue weighted by molar-refractivity contribution is 6.31. The molecule has 0 aliphatic rings. The van der Waals surface area contributed by atoms with Crippen LogP contribution in [0.1, 0.15) is 36.6 Å². The molecular formula is C17H21ClN2O3. The molecule has 0 aliphatic heterocycles. The summed E-state index contributed by atoms with van der Waals surface area (Å²) in [5.41, 5.74) is 1.73. The van der Waals surface area contributed by atoms with E-state index in [1.165, 1.54) is 17.7 Å². The number of aromatic nitrogens is 2. The van der Waals surface area contributed by atoms with Gasteiger partial charge in [0.05, 0.1) is 5.69 Å². The van der Waals surface area contributed by atoms with Crippen molar-refractivity contribution in [2.75, 3.05) is 0 Å². The number of benzene rings is 1. The van der Waals surface area contributed by atoms with Gasteiger partial charge in [0.1, 0.15) is 12.4 Å². The molecule has 0 saturated heterocycles. The molecule has 5 nitrogen and oxygen atoms in total. The van der Waals surface area contributed by atoms with Gasteiger partial charge in [-0.2, -0.15) is 0 Å². The maximum absolute atomic E-state index is 11.9. The Morgan fingerprint density at radius 3 is 2.39 bits per heavy atom. The first-order valence-corrected chi connectivity index (χ1v) is 7.79. The van der Waals surface area contributed by atoms with Crippen LogP contribution in [-0.4, -0.2) is 9.13 Å². The standard InChI is InChI=1S/C17H21ClN2O3/c1-10(2)13-8-15(11(3)6-14(13)18)23-9-12-7-16(21)20(5)17(22)19(12)4/h6-8,10H,9H2,1-5H3. The van der Waals surface area contributed by atoms with Gasteiger partial charge in [-0.25, -0.2) is 4.79 Å². The van der Waals surface area contributed by atoms with Gasteiger partial charge in [0, 0.05) is 25.2 Å². The molecule has 0 fully saturated rings. The summed E-state index contributed by atoms with van der Waals surface area (Å²) < 4.78 is 8.31. The average molecular weight is 337 g/mol. The second-order valence-electron chi connectivity index (χ2n) is 5.96. The average Bonchev–Trinajstić information content (AvgIpc) is 2.48. The number of hydrogen-bond acceptors (Lipinski definition) is 3. The molecule has 23 heavy (non-hydrogen) atoms. The van der Waals surface area contributed by atoms with E-state index in [1.807, 2.05) is 19.1 Å². The number of ether oxygens (including phenoxy) is 1. The fourth-order valence-electron chi connectivity index (χ4n) is 2.33. The number of nitrogens with zero attached hydrogens (tertiary/aromatic N) is 2. The van der Waals surface area contributed by atoms with Crippen LogP contribution in [-0.2, 0) is 20.7 Å². The Kier molecular flexibility index (Phi) is 5.00. The molecule has 0 saturated carbocycles. The quantitative estimate of drug-likeness (QED) is 0.862. The Morgan fingerprint density at radius 1 is 1.13 bits per heavy atom. The van der Waals surface area contributed by atoms with Crippen LogP contribution in [0.15, 0.2) is 27.8 Å².